The van der Waals surface area contributed by atoms with Crippen molar-refractivity contribution >= 4 is 47.2 Å². The molecule has 1 aliphatic heterocycles. The number of carboxylic acid groups (broad SMARTS) is 1. The summed E-state index contributed by atoms with van der Waals surface area (Å²) < 4.78 is 14.9. The number of carbonyl (C=O) groups excluding carboxylic acids is 3. The average molecular weight is 494 g/mol. The summed E-state index contributed by atoms with van der Waals surface area (Å²) >= 11 is 6.07. The van der Waals surface area contributed by atoms with E-state index >= 15 is 0 Å². The molecule has 0 unspecified atom stereocenters. The normalized spacial score (nSPS) is 15.3. The lowest BCUT2D eigenvalue weighted by atomic mass is 10.1. The van der Waals surface area contributed by atoms with E-state index in [1.165, 1.54) is 32.2 Å². The Labute approximate surface area is 195 Å². The number of amides is 3. The smallest absolute Gasteiger partial charge is 0.373 e. The van der Waals surface area contributed by atoms with Crippen molar-refractivity contribution < 1.29 is 43.1 Å². The number of ether oxygens (including phenoxy) is 2. The number of hydrogen-bond acceptors (Lipinski definition) is 9. The molecule has 1 saturated heterocycles. The highest BCUT2D eigenvalue weighted by Crippen LogP contribution is 2.37. The zero-order valence-corrected chi connectivity index (χ0v) is 18.3. The highest BCUT2D eigenvalue weighted by molar-refractivity contribution is 6.32. The van der Waals surface area contributed by atoms with Crippen LogP contribution in [-0.4, -0.2) is 52.0 Å². The fourth-order valence-corrected chi connectivity index (χ4v) is 3.14. The van der Waals surface area contributed by atoms with Crippen LogP contribution in [0, 0.1) is 10.1 Å². The zero-order valence-electron chi connectivity index (χ0n) is 17.6. The number of methoxy groups -OCH3 is 1. The number of nitrogens with one attached hydrogen (secondary N) is 1. The van der Waals surface area contributed by atoms with Gasteiger partial charge in [-0.1, -0.05) is 11.6 Å². The van der Waals surface area contributed by atoms with Gasteiger partial charge in [-0.3, -0.25) is 19.8 Å². The highest BCUT2D eigenvalue weighted by Gasteiger charge is 2.35. The molecule has 0 aliphatic carbocycles. The Morgan fingerprint density at radius 1 is 1.35 bits per heavy atom. The van der Waals surface area contributed by atoms with Crippen LogP contribution in [0.15, 0.2) is 34.4 Å². The molecular weight excluding hydrogens is 478 g/mol. The van der Waals surface area contributed by atoms with Gasteiger partial charge < -0.3 is 24.3 Å². The van der Waals surface area contributed by atoms with Gasteiger partial charge in [0.1, 0.15) is 11.5 Å². The van der Waals surface area contributed by atoms with E-state index in [1.54, 1.807) is 0 Å². The molecule has 0 spiro atoms. The number of hydrogen-bond donors (Lipinski definition) is 2. The van der Waals surface area contributed by atoms with E-state index in [4.69, 9.17) is 25.9 Å². The summed E-state index contributed by atoms with van der Waals surface area (Å²) in [4.78, 5) is 58.9. The van der Waals surface area contributed by atoms with Gasteiger partial charge in [-0.15, -0.1) is 0 Å². The van der Waals surface area contributed by atoms with Crippen LogP contribution < -0.4 is 10.1 Å². The van der Waals surface area contributed by atoms with Crippen LogP contribution in [0.4, 0.5) is 10.5 Å². The number of furan rings is 1. The largest absolute Gasteiger partial charge is 0.479 e. The van der Waals surface area contributed by atoms with Crippen molar-refractivity contribution in [2.45, 2.75) is 19.6 Å². The molecule has 14 heteroatoms. The number of imide groups is 1. The third kappa shape index (κ3) is 4.99. The Balaban J connectivity index is 1.86. The molecule has 1 fully saturated rings. The van der Waals surface area contributed by atoms with Crippen molar-refractivity contribution in [1.29, 1.82) is 0 Å². The summed E-state index contributed by atoms with van der Waals surface area (Å²) in [5, 5.41) is 22.5. The Kier molecular flexibility index (Phi) is 6.86. The molecule has 13 nitrogen and oxygen atoms in total. The SMILES string of the molecule is COC(=O)c1ccc(CN2C(=O)N/C(=C\c3cc(Cl)c(O[C@@H](C)C(=O)O)c([N+](=O)[O-])c3)C2=O)o1. The topological polar surface area (TPSA) is 179 Å². The summed E-state index contributed by atoms with van der Waals surface area (Å²) in [6, 6.07) is 4.16. The molecule has 3 amide bonds. The predicted molar refractivity (Wildman–Crippen MR) is 113 cm³/mol. The van der Waals surface area contributed by atoms with Crippen LogP contribution in [0.1, 0.15) is 28.8 Å². The fraction of sp³-hybridized carbons (Fsp3) is 0.200. The monoisotopic (exact) mass is 493 g/mol. The Bertz CT molecular complexity index is 1240. The van der Waals surface area contributed by atoms with E-state index in [-0.39, 0.29) is 34.3 Å². The molecule has 1 aromatic carbocycles. The molecule has 1 aromatic heterocycles. The number of carbonyl (C=O) groups is 4. The second-order valence-electron chi connectivity index (χ2n) is 6.84. The van der Waals surface area contributed by atoms with Crippen LogP contribution in [0.5, 0.6) is 5.75 Å². The lowest BCUT2D eigenvalue weighted by Gasteiger charge is -2.12. The van der Waals surface area contributed by atoms with Gasteiger partial charge in [-0.25, -0.2) is 14.4 Å². The van der Waals surface area contributed by atoms with E-state index in [0.717, 1.165) is 17.0 Å². The minimum atomic E-state index is -1.41. The Morgan fingerprint density at radius 2 is 2.06 bits per heavy atom. The maximum atomic E-state index is 12.7. The van der Waals surface area contributed by atoms with Gasteiger partial charge in [0.25, 0.3) is 5.91 Å². The Hall–Kier alpha value is -4.39. The number of nitro groups is 1. The number of rotatable bonds is 8. The number of nitrogens with zero attached hydrogens (tertiary/aromatic N) is 2. The van der Waals surface area contributed by atoms with Gasteiger partial charge >= 0.3 is 23.7 Å². The van der Waals surface area contributed by atoms with Gasteiger partial charge in [0, 0.05) is 6.07 Å². The quantitative estimate of drug-likeness (QED) is 0.182. The van der Waals surface area contributed by atoms with Crippen LogP contribution in [0.25, 0.3) is 6.08 Å². The van der Waals surface area contributed by atoms with E-state index in [0.29, 0.717) is 0 Å². The summed E-state index contributed by atoms with van der Waals surface area (Å²) in [5.74, 6) is -3.27. The first-order valence-corrected chi connectivity index (χ1v) is 9.78. The summed E-state index contributed by atoms with van der Waals surface area (Å²) in [7, 11) is 1.17. The molecule has 178 valence electrons. The lowest BCUT2D eigenvalue weighted by Crippen LogP contribution is -2.30. The number of aliphatic carboxylic acids is 1. The number of carboxylic acids is 1. The van der Waals surface area contributed by atoms with Gasteiger partial charge in [0.15, 0.2) is 6.10 Å². The molecule has 3 rings (SSSR count). The van der Waals surface area contributed by atoms with Crippen molar-refractivity contribution in [3.05, 3.63) is 62.2 Å². The number of nitro benzene ring substituents is 1. The predicted octanol–water partition coefficient (Wildman–Crippen LogP) is 2.57. The number of urea groups is 1. The molecule has 0 saturated carbocycles. The van der Waals surface area contributed by atoms with E-state index in [9.17, 15) is 29.3 Å². The molecule has 1 aliphatic rings. The Morgan fingerprint density at radius 3 is 2.68 bits per heavy atom. The molecule has 1 atom stereocenters. The van der Waals surface area contributed by atoms with E-state index in [1.807, 2.05) is 0 Å². The fourth-order valence-electron chi connectivity index (χ4n) is 2.87. The molecule has 2 N–H and O–H groups in total. The first-order valence-electron chi connectivity index (χ1n) is 9.40. The van der Waals surface area contributed by atoms with Crippen molar-refractivity contribution in [1.82, 2.24) is 10.2 Å². The van der Waals surface area contributed by atoms with Gasteiger partial charge in [-0.05, 0) is 36.8 Å². The van der Waals surface area contributed by atoms with E-state index in [2.05, 4.69) is 10.1 Å². The maximum Gasteiger partial charge on any atom is 0.373 e. The minimum absolute atomic E-state index is 0.0727. The number of esters is 1. The molecule has 2 heterocycles. The summed E-state index contributed by atoms with van der Waals surface area (Å²) in [5.41, 5.74) is -0.766. The average Bonchev–Trinajstić information content (AvgIpc) is 3.35. The van der Waals surface area contributed by atoms with Gasteiger partial charge in [-0.2, -0.15) is 0 Å². The zero-order chi connectivity index (χ0) is 25.2. The van der Waals surface area contributed by atoms with Gasteiger partial charge in [0.2, 0.25) is 11.5 Å². The molecule has 2 aromatic rings. The second kappa shape index (κ2) is 9.62. The maximum absolute atomic E-state index is 12.7. The van der Waals surface area contributed by atoms with Crippen LogP contribution in [-0.2, 0) is 20.9 Å². The van der Waals surface area contributed by atoms with Crippen LogP contribution in [0.2, 0.25) is 5.02 Å². The molecule has 0 radical (unpaired) electrons. The van der Waals surface area contributed by atoms with Crippen molar-refractivity contribution in [2.24, 2.45) is 0 Å². The summed E-state index contributed by atoms with van der Waals surface area (Å²) in [6.45, 7) is 0.881. The molecule has 34 heavy (non-hydrogen) atoms. The van der Waals surface area contributed by atoms with Crippen molar-refractivity contribution in [2.75, 3.05) is 7.11 Å². The first kappa shape index (κ1) is 24.3. The van der Waals surface area contributed by atoms with Crippen LogP contribution in [0.3, 0.4) is 0 Å². The number of benzene rings is 1. The van der Waals surface area contributed by atoms with Crippen molar-refractivity contribution in [3.63, 3.8) is 0 Å². The third-order valence-electron chi connectivity index (χ3n) is 4.52. The third-order valence-corrected chi connectivity index (χ3v) is 4.80. The first-order chi connectivity index (χ1) is 16.0. The second-order valence-corrected chi connectivity index (χ2v) is 7.25. The minimum Gasteiger partial charge on any atom is -0.479 e. The highest BCUT2D eigenvalue weighted by atomic mass is 35.5. The standard InChI is InChI=1S/C20H16ClN3O10/c1-9(18(26)27)33-16-12(21)5-10(7-14(16)24(30)31)6-13-17(25)23(20(29)22-13)8-11-3-4-15(34-11)19(28)32-2/h3-7,9H,8H2,1-2H3,(H,22,29)(H,26,27)/b13-6-/t9-/m0/s1. The lowest BCUT2D eigenvalue weighted by molar-refractivity contribution is -0.386. The van der Waals surface area contributed by atoms with Crippen LogP contribution >= 0.6 is 11.6 Å². The molecular formula is C20H16ClN3O10. The molecule has 0 bridgehead atoms. The van der Waals surface area contributed by atoms with Crippen molar-refractivity contribution in [3.8, 4) is 5.75 Å². The summed E-state index contributed by atoms with van der Waals surface area (Å²) in [6.07, 6.45) is -0.253. The van der Waals surface area contributed by atoms with Gasteiger partial charge in [0.05, 0.1) is 23.6 Å². The number of halogens is 1. The van der Waals surface area contributed by atoms with E-state index < -0.39 is 46.3 Å².